The Bertz CT molecular complexity index is 1070. The number of benzene rings is 1. The molecule has 4 rings (SSSR count). The number of rotatable bonds is 6. The van der Waals surface area contributed by atoms with Gasteiger partial charge in [-0.3, -0.25) is 15.1 Å². The predicted molar refractivity (Wildman–Crippen MR) is 109 cm³/mol. The van der Waals surface area contributed by atoms with Crippen LogP contribution in [0.3, 0.4) is 0 Å². The first-order valence-electron chi connectivity index (χ1n) is 9.11. The summed E-state index contributed by atoms with van der Waals surface area (Å²) in [5.74, 6) is 1.42. The van der Waals surface area contributed by atoms with Crippen molar-refractivity contribution >= 4 is 29.4 Å². The van der Waals surface area contributed by atoms with Gasteiger partial charge >= 0.3 is 6.03 Å². The third kappa shape index (κ3) is 4.35. The van der Waals surface area contributed by atoms with Crippen molar-refractivity contribution in [3.8, 4) is 22.9 Å². The van der Waals surface area contributed by atoms with Crippen LogP contribution in [0.15, 0.2) is 47.9 Å². The van der Waals surface area contributed by atoms with Gasteiger partial charge in [-0.05, 0) is 31.2 Å². The number of imide groups is 1. The van der Waals surface area contributed by atoms with Crippen molar-refractivity contribution in [1.29, 1.82) is 0 Å². The molecule has 1 aliphatic rings. The number of nitrogens with zero attached hydrogens (tertiary/aromatic N) is 4. The van der Waals surface area contributed by atoms with E-state index in [4.69, 9.17) is 9.47 Å². The van der Waals surface area contributed by atoms with Crippen molar-refractivity contribution in [3.63, 3.8) is 0 Å². The van der Waals surface area contributed by atoms with Crippen molar-refractivity contribution in [2.24, 2.45) is 0 Å². The number of aromatic nitrogens is 4. The fourth-order valence-corrected chi connectivity index (χ4v) is 3.63. The summed E-state index contributed by atoms with van der Waals surface area (Å²) in [5.41, 5.74) is 1.38. The number of fused-ring (bicyclic) bond motifs is 1. The summed E-state index contributed by atoms with van der Waals surface area (Å²) in [6.45, 7) is 2.75. The van der Waals surface area contributed by atoms with Crippen molar-refractivity contribution in [2.45, 2.75) is 18.6 Å². The van der Waals surface area contributed by atoms with Crippen molar-refractivity contribution in [1.82, 2.24) is 25.1 Å². The van der Waals surface area contributed by atoms with Crippen LogP contribution in [-0.2, 0) is 11.3 Å². The Labute approximate surface area is 176 Å². The lowest BCUT2D eigenvalue weighted by Gasteiger charge is -2.08. The zero-order chi connectivity index (χ0) is 20.9. The monoisotopic (exact) mass is 426 g/mol. The number of anilines is 1. The molecule has 3 aromatic rings. The minimum atomic E-state index is -0.631. The number of pyridine rings is 1. The number of thioether (sulfide) groups is 1. The second-order valence-electron chi connectivity index (χ2n) is 6.15. The van der Waals surface area contributed by atoms with Gasteiger partial charge in [-0.25, -0.2) is 4.79 Å². The summed E-state index contributed by atoms with van der Waals surface area (Å²) in [6.07, 6.45) is 3.37. The average molecular weight is 426 g/mol. The second kappa shape index (κ2) is 8.82. The molecule has 30 heavy (non-hydrogen) atoms. The summed E-state index contributed by atoms with van der Waals surface area (Å²) in [5, 5.41) is 13.9. The van der Waals surface area contributed by atoms with Crippen LogP contribution in [0, 0.1) is 0 Å². The van der Waals surface area contributed by atoms with Crippen LogP contribution in [0.2, 0.25) is 0 Å². The van der Waals surface area contributed by atoms with E-state index in [0.29, 0.717) is 34.7 Å². The number of hydrogen-bond donors (Lipinski definition) is 2. The first kappa shape index (κ1) is 19.7. The molecule has 11 heteroatoms. The molecule has 1 aliphatic heterocycles. The van der Waals surface area contributed by atoms with Crippen molar-refractivity contribution in [3.05, 3.63) is 42.7 Å². The molecular formula is C19H18N6O4S. The number of nitrogens with one attached hydrogen (secondary N) is 2. The van der Waals surface area contributed by atoms with E-state index in [1.807, 2.05) is 23.6 Å². The van der Waals surface area contributed by atoms with Crippen LogP contribution >= 0.6 is 11.8 Å². The molecule has 2 N–H and O–H groups in total. The maximum absolute atomic E-state index is 12.2. The average Bonchev–Trinajstić information content (AvgIpc) is 3.38. The largest absolute Gasteiger partial charge is 0.454 e. The second-order valence-corrected chi connectivity index (χ2v) is 7.09. The molecule has 0 radical (unpaired) electrons. The third-order valence-corrected chi connectivity index (χ3v) is 5.15. The van der Waals surface area contributed by atoms with Crippen LogP contribution < -0.4 is 20.1 Å². The zero-order valence-corrected chi connectivity index (χ0v) is 16.8. The van der Waals surface area contributed by atoms with Gasteiger partial charge in [-0.1, -0.05) is 11.8 Å². The van der Waals surface area contributed by atoms with Gasteiger partial charge in [-0.2, -0.15) is 0 Å². The lowest BCUT2D eigenvalue weighted by atomic mass is 10.2. The molecular weight excluding hydrogens is 408 g/mol. The van der Waals surface area contributed by atoms with E-state index in [0.717, 1.165) is 5.56 Å². The number of carbonyl (C=O) groups is 2. The van der Waals surface area contributed by atoms with Gasteiger partial charge in [0.15, 0.2) is 22.5 Å². The highest BCUT2D eigenvalue weighted by atomic mass is 32.2. The van der Waals surface area contributed by atoms with E-state index >= 15 is 0 Å². The Hall–Kier alpha value is -3.60. The van der Waals surface area contributed by atoms with Gasteiger partial charge in [0, 0.05) is 36.3 Å². The van der Waals surface area contributed by atoms with E-state index in [9.17, 15) is 9.59 Å². The van der Waals surface area contributed by atoms with Crippen molar-refractivity contribution in [2.75, 3.05) is 17.9 Å². The summed E-state index contributed by atoms with van der Waals surface area (Å²) in [7, 11) is 0. The molecule has 0 atom stereocenters. The van der Waals surface area contributed by atoms with Gasteiger partial charge in [0.1, 0.15) is 0 Å². The summed E-state index contributed by atoms with van der Waals surface area (Å²) in [6, 6.07) is 8.04. The van der Waals surface area contributed by atoms with Gasteiger partial charge < -0.3 is 19.4 Å². The highest BCUT2D eigenvalue weighted by Gasteiger charge is 2.17. The van der Waals surface area contributed by atoms with Crippen LogP contribution in [0.25, 0.3) is 11.4 Å². The molecule has 1 aromatic carbocycles. The van der Waals surface area contributed by atoms with E-state index < -0.39 is 11.9 Å². The molecule has 3 amide bonds. The summed E-state index contributed by atoms with van der Waals surface area (Å²) >= 11 is 1.20. The highest BCUT2D eigenvalue weighted by molar-refractivity contribution is 7.99. The first-order chi connectivity index (χ1) is 14.6. The minimum absolute atomic E-state index is 0.0169. The third-order valence-electron chi connectivity index (χ3n) is 4.19. The van der Waals surface area contributed by atoms with Gasteiger partial charge in [0.25, 0.3) is 0 Å². The molecule has 2 aromatic heterocycles. The van der Waals surface area contributed by atoms with Crippen LogP contribution in [0.5, 0.6) is 11.5 Å². The molecule has 10 nitrogen and oxygen atoms in total. The predicted octanol–water partition coefficient (Wildman–Crippen LogP) is 2.53. The quantitative estimate of drug-likeness (QED) is 0.577. The molecule has 154 valence electrons. The topological polar surface area (TPSA) is 120 Å². The molecule has 0 unspecified atom stereocenters. The normalized spacial score (nSPS) is 11.9. The molecule has 0 aliphatic carbocycles. The molecule has 0 saturated carbocycles. The standard InChI is InChI=1S/C19H18N6O4S/c1-2-25-17(12-5-7-20-8-6-12)23-24-19(25)30-10-16(26)22-18(27)21-13-3-4-14-15(9-13)29-11-28-14/h3-9H,2,10-11H2,1H3,(H2,21,22,26,27). The Balaban J connectivity index is 1.32. The molecule has 0 saturated heterocycles. The lowest BCUT2D eigenvalue weighted by Crippen LogP contribution is -2.35. The van der Waals surface area contributed by atoms with E-state index in [2.05, 4.69) is 25.8 Å². The zero-order valence-electron chi connectivity index (χ0n) is 16.0. The smallest absolute Gasteiger partial charge is 0.325 e. The minimum Gasteiger partial charge on any atom is -0.454 e. The van der Waals surface area contributed by atoms with Gasteiger partial charge in [0.05, 0.1) is 5.75 Å². The number of ether oxygens (including phenoxy) is 2. The Kier molecular flexibility index (Phi) is 5.80. The van der Waals surface area contributed by atoms with Crippen molar-refractivity contribution < 1.29 is 19.1 Å². The highest BCUT2D eigenvalue weighted by Crippen LogP contribution is 2.34. The summed E-state index contributed by atoms with van der Waals surface area (Å²) < 4.78 is 12.4. The number of hydrogen-bond acceptors (Lipinski definition) is 8. The number of amides is 3. The first-order valence-corrected chi connectivity index (χ1v) is 10.1. The molecule has 0 spiro atoms. The molecule has 3 heterocycles. The maximum atomic E-state index is 12.2. The number of carbonyl (C=O) groups excluding carboxylic acids is 2. The Morgan fingerprint density at radius 2 is 1.93 bits per heavy atom. The molecule has 0 fully saturated rings. The maximum Gasteiger partial charge on any atom is 0.325 e. The van der Waals surface area contributed by atoms with Gasteiger partial charge in [0.2, 0.25) is 12.7 Å². The van der Waals surface area contributed by atoms with E-state index in [-0.39, 0.29) is 12.5 Å². The fourth-order valence-electron chi connectivity index (χ4n) is 2.82. The van der Waals surface area contributed by atoms with Crippen LogP contribution in [-0.4, -0.2) is 44.2 Å². The summed E-state index contributed by atoms with van der Waals surface area (Å²) in [4.78, 5) is 28.3. The Morgan fingerprint density at radius 3 is 2.73 bits per heavy atom. The van der Waals surface area contributed by atoms with E-state index in [1.54, 1.807) is 30.6 Å². The lowest BCUT2D eigenvalue weighted by molar-refractivity contribution is -0.117. The van der Waals surface area contributed by atoms with Crippen LogP contribution in [0.4, 0.5) is 10.5 Å². The van der Waals surface area contributed by atoms with Gasteiger partial charge in [-0.15, -0.1) is 10.2 Å². The Morgan fingerprint density at radius 1 is 1.13 bits per heavy atom. The van der Waals surface area contributed by atoms with Crippen LogP contribution in [0.1, 0.15) is 6.92 Å². The SMILES string of the molecule is CCn1c(SCC(=O)NC(=O)Nc2ccc3c(c2)OCO3)nnc1-c1ccncc1. The fraction of sp³-hybridized carbons (Fsp3) is 0.211. The van der Waals surface area contributed by atoms with E-state index in [1.165, 1.54) is 11.8 Å². The molecule has 0 bridgehead atoms. The number of urea groups is 1.